The highest BCUT2D eigenvalue weighted by Gasteiger charge is 2.28. The third-order valence-electron chi connectivity index (χ3n) is 4.07. The molecular formula is C13H25N5. The van der Waals surface area contributed by atoms with Gasteiger partial charge in [0.15, 0.2) is 0 Å². The van der Waals surface area contributed by atoms with Crippen LogP contribution in [0.15, 0.2) is 6.20 Å². The van der Waals surface area contributed by atoms with E-state index in [1.54, 1.807) is 0 Å². The third kappa shape index (κ3) is 2.58. The van der Waals surface area contributed by atoms with Crippen LogP contribution in [0.25, 0.3) is 0 Å². The average molecular weight is 251 g/mol. The molecule has 102 valence electrons. The molecule has 0 spiro atoms. The number of aromatic nitrogens is 2. The van der Waals surface area contributed by atoms with E-state index in [0.29, 0.717) is 18.6 Å². The largest absolute Gasteiger partial charge is 0.329 e. The van der Waals surface area contributed by atoms with Gasteiger partial charge in [-0.2, -0.15) is 5.10 Å². The molecule has 0 amide bonds. The van der Waals surface area contributed by atoms with Gasteiger partial charge in [-0.1, -0.05) is 0 Å². The van der Waals surface area contributed by atoms with E-state index in [-0.39, 0.29) is 0 Å². The van der Waals surface area contributed by atoms with Crippen molar-refractivity contribution >= 4 is 0 Å². The van der Waals surface area contributed by atoms with Crippen LogP contribution in [-0.4, -0.2) is 58.8 Å². The molecule has 1 saturated heterocycles. The number of hydrogen-bond acceptors (Lipinski definition) is 4. The van der Waals surface area contributed by atoms with Gasteiger partial charge in [0.25, 0.3) is 0 Å². The SMILES string of the molecule is Cc1nn(C)cc1C(CN)N1CCN(C)C(C)C1. The van der Waals surface area contributed by atoms with Crippen molar-refractivity contribution in [2.45, 2.75) is 25.9 Å². The van der Waals surface area contributed by atoms with Gasteiger partial charge in [0.1, 0.15) is 0 Å². The zero-order valence-electron chi connectivity index (χ0n) is 11.9. The van der Waals surface area contributed by atoms with Crippen LogP contribution in [0.2, 0.25) is 0 Å². The molecule has 2 unspecified atom stereocenters. The van der Waals surface area contributed by atoms with E-state index in [2.05, 4.69) is 42.0 Å². The minimum atomic E-state index is 0.301. The van der Waals surface area contributed by atoms with Crippen molar-refractivity contribution in [3.05, 3.63) is 17.5 Å². The molecule has 1 aromatic rings. The van der Waals surface area contributed by atoms with E-state index in [9.17, 15) is 0 Å². The van der Waals surface area contributed by atoms with Crippen LogP contribution in [-0.2, 0) is 7.05 Å². The van der Waals surface area contributed by atoms with E-state index < -0.39 is 0 Å². The molecule has 1 aliphatic heterocycles. The number of hydrogen-bond donors (Lipinski definition) is 1. The van der Waals surface area contributed by atoms with E-state index in [1.165, 1.54) is 5.56 Å². The lowest BCUT2D eigenvalue weighted by Gasteiger charge is -2.41. The monoisotopic (exact) mass is 251 g/mol. The molecule has 0 aromatic carbocycles. The first kappa shape index (κ1) is 13.5. The Kier molecular flexibility index (Phi) is 4.04. The van der Waals surface area contributed by atoms with Crippen LogP contribution in [0.4, 0.5) is 0 Å². The first-order valence-corrected chi connectivity index (χ1v) is 6.67. The summed E-state index contributed by atoms with van der Waals surface area (Å²) < 4.78 is 1.88. The molecule has 0 radical (unpaired) electrons. The van der Waals surface area contributed by atoms with Crippen LogP contribution in [0.3, 0.4) is 0 Å². The highest BCUT2D eigenvalue weighted by molar-refractivity contribution is 5.21. The number of nitrogens with zero attached hydrogens (tertiary/aromatic N) is 4. The van der Waals surface area contributed by atoms with Gasteiger partial charge in [-0.25, -0.2) is 0 Å². The zero-order valence-corrected chi connectivity index (χ0v) is 11.9. The fraction of sp³-hybridized carbons (Fsp3) is 0.769. The molecule has 1 fully saturated rings. The fourth-order valence-electron chi connectivity index (χ4n) is 2.78. The van der Waals surface area contributed by atoms with Crippen molar-refractivity contribution in [2.75, 3.05) is 33.2 Å². The Morgan fingerprint density at radius 3 is 2.67 bits per heavy atom. The number of aryl methyl sites for hydroxylation is 2. The van der Waals surface area contributed by atoms with Gasteiger partial charge in [-0.3, -0.25) is 9.58 Å². The Labute approximate surface area is 110 Å². The predicted molar refractivity (Wildman–Crippen MR) is 73.4 cm³/mol. The van der Waals surface area contributed by atoms with Crippen LogP contribution in [0, 0.1) is 6.92 Å². The van der Waals surface area contributed by atoms with Gasteiger partial charge >= 0.3 is 0 Å². The first-order valence-electron chi connectivity index (χ1n) is 6.67. The molecule has 2 atom stereocenters. The average Bonchev–Trinajstić information content (AvgIpc) is 2.64. The summed E-state index contributed by atoms with van der Waals surface area (Å²) in [5.41, 5.74) is 8.37. The summed E-state index contributed by atoms with van der Waals surface area (Å²) in [4.78, 5) is 4.90. The van der Waals surface area contributed by atoms with Gasteiger partial charge < -0.3 is 10.6 Å². The highest BCUT2D eigenvalue weighted by Crippen LogP contribution is 2.24. The van der Waals surface area contributed by atoms with Crippen molar-refractivity contribution in [2.24, 2.45) is 12.8 Å². The standard InChI is InChI=1S/C13H25N5/c1-10-8-18(6-5-16(10)3)13(7-14)12-9-17(4)15-11(12)2/h9-10,13H,5-8,14H2,1-4H3. The Balaban J connectivity index is 2.16. The lowest BCUT2D eigenvalue weighted by atomic mass is 10.0. The van der Waals surface area contributed by atoms with Crippen molar-refractivity contribution in [1.29, 1.82) is 0 Å². The molecule has 0 bridgehead atoms. The predicted octanol–water partition coefficient (Wildman–Crippen LogP) is 0.364. The molecule has 1 aliphatic rings. The van der Waals surface area contributed by atoms with Gasteiger partial charge in [0.2, 0.25) is 0 Å². The second-order valence-corrected chi connectivity index (χ2v) is 5.42. The van der Waals surface area contributed by atoms with E-state index >= 15 is 0 Å². The van der Waals surface area contributed by atoms with E-state index in [0.717, 1.165) is 25.3 Å². The molecule has 2 N–H and O–H groups in total. The topological polar surface area (TPSA) is 50.3 Å². The van der Waals surface area contributed by atoms with Gasteiger partial charge in [0, 0.05) is 51.0 Å². The lowest BCUT2D eigenvalue weighted by molar-refractivity contribution is 0.0739. The van der Waals surface area contributed by atoms with Crippen LogP contribution < -0.4 is 5.73 Å². The summed E-state index contributed by atoms with van der Waals surface area (Å²) in [5.74, 6) is 0. The molecule has 0 saturated carbocycles. The maximum atomic E-state index is 6.00. The van der Waals surface area contributed by atoms with Crippen LogP contribution in [0.5, 0.6) is 0 Å². The fourth-order valence-corrected chi connectivity index (χ4v) is 2.78. The van der Waals surface area contributed by atoms with E-state index in [4.69, 9.17) is 5.73 Å². The maximum absolute atomic E-state index is 6.00. The van der Waals surface area contributed by atoms with E-state index in [1.807, 2.05) is 11.7 Å². The summed E-state index contributed by atoms with van der Waals surface area (Å²) in [6.45, 7) is 8.26. The first-order chi connectivity index (χ1) is 8.52. The van der Waals surface area contributed by atoms with Gasteiger partial charge in [-0.05, 0) is 20.9 Å². The maximum Gasteiger partial charge on any atom is 0.0641 e. The number of rotatable bonds is 3. The molecule has 18 heavy (non-hydrogen) atoms. The molecule has 5 heteroatoms. The van der Waals surface area contributed by atoms with Crippen molar-refractivity contribution < 1.29 is 0 Å². The minimum Gasteiger partial charge on any atom is -0.329 e. The van der Waals surface area contributed by atoms with Crippen LogP contribution >= 0.6 is 0 Å². The summed E-state index contributed by atoms with van der Waals surface area (Å²) in [6.07, 6.45) is 2.11. The number of likely N-dealkylation sites (N-methyl/N-ethyl adjacent to an activating group) is 1. The number of nitrogens with two attached hydrogens (primary N) is 1. The summed E-state index contributed by atoms with van der Waals surface area (Å²) in [6, 6.07) is 0.889. The molecular weight excluding hydrogens is 226 g/mol. The quantitative estimate of drug-likeness (QED) is 0.843. The summed E-state index contributed by atoms with van der Waals surface area (Å²) >= 11 is 0. The minimum absolute atomic E-state index is 0.301. The van der Waals surface area contributed by atoms with Gasteiger partial charge in [-0.15, -0.1) is 0 Å². The van der Waals surface area contributed by atoms with Crippen LogP contribution in [0.1, 0.15) is 24.2 Å². The van der Waals surface area contributed by atoms with Crippen molar-refractivity contribution in [3.8, 4) is 0 Å². The smallest absolute Gasteiger partial charge is 0.0641 e. The normalized spacial score (nSPS) is 24.4. The Bertz CT molecular complexity index is 400. The summed E-state index contributed by atoms with van der Waals surface area (Å²) in [5, 5.41) is 4.43. The highest BCUT2D eigenvalue weighted by atomic mass is 15.3. The molecule has 2 heterocycles. The second-order valence-electron chi connectivity index (χ2n) is 5.42. The van der Waals surface area contributed by atoms with Gasteiger partial charge in [0.05, 0.1) is 11.7 Å². The molecule has 2 rings (SSSR count). The third-order valence-corrected chi connectivity index (χ3v) is 4.07. The Morgan fingerprint density at radius 1 is 1.44 bits per heavy atom. The Morgan fingerprint density at radius 2 is 2.17 bits per heavy atom. The zero-order chi connectivity index (χ0) is 13.3. The lowest BCUT2D eigenvalue weighted by Crippen LogP contribution is -2.52. The van der Waals surface area contributed by atoms with Crippen molar-refractivity contribution in [3.63, 3.8) is 0 Å². The second kappa shape index (κ2) is 5.38. The Hall–Kier alpha value is -0.910. The molecule has 5 nitrogen and oxygen atoms in total. The number of piperazine rings is 1. The summed E-state index contributed by atoms with van der Waals surface area (Å²) in [7, 11) is 4.16. The molecule has 1 aromatic heterocycles. The van der Waals surface area contributed by atoms with Crippen molar-refractivity contribution in [1.82, 2.24) is 19.6 Å². The molecule has 0 aliphatic carbocycles.